The maximum atomic E-state index is 10.5. The number of nitrogens with one attached hydrogen (secondary N) is 1. The van der Waals surface area contributed by atoms with Crippen LogP contribution in [0.1, 0.15) is 33.1 Å². The SMILES string of the molecule is C=C(CC)C(=O)NC.CCCCN. The molecule has 0 saturated carbocycles. The second-order valence-corrected chi connectivity index (χ2v) is 2.68. The molecule has 0 fully saturated rings. The highest BCUT2D eigenvalue weighted by molar-refractivity contribution is 5.92. The molecule has 0 rings (SSSR count). The average molecular weight is 186 g/mol. The highest BCUT2D eigenvalue weighted by Gasteiger charge is 1.97. The monoisotopic (exact) mass is 186 g/mol. The van der Waals surface area contributed by atoms with E-state index in [4.69, 9.17) is 5.73 Å². The van der Waals surface area contributed by atoms with Crippen LogP contribution in [0.2, 0.25) is 0 Å². The Balaban J connectivity index is 0. The van der Waals surface area contributed by atoms with E-state index in [1.54, 1.807) is 7.05 Å². The molecular formula is C10H22N2O. The Bertz CT molecular complexity index is 128. The van der Waals surface area contributed by atoms with Gasteiger partial charge in [0.2, 0.25) is 5.91 Å². The zero-order valence-corrected chi connectivity index (χ0v) is 9.02. The Labute approximate surface area is 81.4 Å². The lowest BCUT2D eigenvalue weighted by atomic mass is 10.2. The van der Waals surface area contributed by atoms with Gasteiger partial charge in [-0.1, -0.05) is 26.8 Å². The average Bonchev–Trinajstić information content (AvgIpc) is 2.17. The van der Waals surface area contributed by atoms with Crippen molar-refractivity contribution < 1.29 is 4.79 Å². The quantitative estimate of drug-likeness (QED) is 0.653. The van der Waals surface area contributed by atoms with E-state index >= 15 is 0 Å². The van der Waals surface area contributed by atoms with Crippen LogP contribution in [0, 0.1) is 0 Å². The molecule has 0 aromatic carbocycles. The predicted octanol–water partition coefficient (Wildman–Crippen LogP) is 1.44. The largest absolute Gasteiger partial charge is 0.355 e. The normalized spacial score (nSPS) is 8.31. The summed E-state index contributed by atoms with van der Waals surface area (Å²) in [5.41, 5.74) is 5.77. The third-order valence-electron chi connectivity index (χ3n) is 1.53. The fourth-order valence-electron chi connectivity index (χ4n) is 0.541. The molecule has 3 heteroatoms. The van der Waals surface area contributed by atoms with E-state index in [1.807, 2.05) is 6.92 Å². The number of hydrogen-bond donors (Lipinski definition) is 2. The minimum atomic E-state index is -0.0625. The summed E-state index contributed by atoms with van der Waals surface area (Å²) in [6.07, 6.45) is 3.11. The van der Waals surface area contributed by atoms with Gasteiger partial charge in [0.25, 0.3) is 0 Å². The summed E-state index contributed by atoms with van der Waals surface area (Å²) in [7, 11) is 1.60. The maximum absolute atomic E-state index is 10.5. The van der Waals surface area contributed by atoms with Gasteiger partial charge in [0, 0.05) is 12.6 Å². The summed E-state index contributed by atoms with van der Waals surface area (Å²) in [6.45, 7) is 8.41. The standard InChI is InChI=1S/C6H11NO.C4H11N/c1-4-5(2)6(8)7-3;1-2-3-4-5/h2,4H2,1,3H3,(H,7,8);2-5H2,1H3. The van der Waals surface area contributed by atoms with Crippen molar-refractivity contribution in [3.63, 3.8) is 0 Å². The Morgan fingerprint density at radius 2 is 2.00 bits per heavy atom. The van der Waals surface area contributed by atoms with Crippen molar-refractivity contribution in [2.24, 2.45) is 5.73 Å². The molecule has 0 heterocycles. The van der Waals surface area contributed by atoms with Crippen molar-refractivity contribution >= 4 is 5.91 Å². The Morgan fingerprint density at radius 3 is 2.08 bits per heavy atom. The van der Waals surface area contributed by atoms with Crippen molar-refractivity contribution in [3.8, 4) is 0 Å². The van der Waals surface area contributed by atoms with Gasteiger partial charge in [-0.3, -0.25) is 4.79 Å². The van der Waals surface area contributed by atoms with E-state index in [2.05, 4.69) is 18.8 Å². The van der Waals surface area contributed by atoms with Crippen LogP contribution < -0.4 is 11.1 Å². The van der Waals surface area contributed by atoms with Gasteiger partial charge in [0.15, 0.2) is 0 Å². The topological polar surface area (TPSA) is 55.1 Å². The first-order valence-corrected chi connectivity index (χ1v) is 4.73. The molecule has 0 radical (unpaired) electrons. The molecule has 0 aliphatic carbocycles. The molecule has 0 aliphatic rings. The van der Waals surface area contributed by atoms with Gasteiger partial charge in [0.1, 0.15) is 0 Å². The summed E-state index contributed by atoms with van der Waals surface area (Å²) in [6, 6.07) is 0. The summed E-state index contributed by atoms with van der Waals surface area (Å²) in [5.74, 6) is -0.0625. The molecule has 0 aromatic rings. The Kier molecular flexibility index (Phi) is 12.6. The first kappa shape index (κ1) is 14.7. The smallest absolute Gasteiger partial charge is 0.246 e. The molecule has 1 amide bonds. The molecule has 0 saturated heterocycles. The number of unbranched alkanes of at least 4 members (excludes halogenated alkanes) is 1. The van der Waals surface area contributed by atoms with E-state index < -0.39 is 0 Å². The molecule has 0 spiro atoms. The van der Waals surface area contributed by atoms with Crippen molar-refractivity contribution in [2.75, 3.05) is 13.6 Å². The fourth-order valence-corrected chi connectivity index (χ4v) is 0.541. The third-order valence-corrected chi connectivity index (χ3v) is 1.53. The van der Waals surface area contributed by atoms with Crippen LogP contribution in [-0.4, -0.2) is 19.5 Å². The lowest BCUT2D eigenvalue weighted by molar-refractivity contribution is -0.117. The molecule has 0 aliphatic heterocycles. The van der Waals surface area contributed by atoms with Crippen molar-refractivity contribution in [3.05, 3.63) is 12.2 Å². The number of nitrogens with two attached hydrogens (primary N) is 1. The molecule has 3 nitrogen and oxygen atoms in total. The van der Waals surface area contributed by atoms with Gasteiger partial charge in [-0.25, -0.2) is 0 Å². The van der Waals surface area contributed by atoms with Gasteiger partial charge >= 0.3 is 0 Å². The van der Waals surface area contributed by atoms with E-state index in [1.165, 1.54) is 12.8 Å². The number of likely N-dealkylation sites (N-methyl/N-ethyl adjacent to an activating group) is 1. The fraction of sp³-hybridized carbons (Fsp3) is 0.700. The minimum Gasteiger partial charge on any atom is -0.355 e. The first-order valence-electron chi connectivity index (χ1n) is 4.73. The van der Waals surface area contributed by atoms with E-state index in [-0.39, 0.29) is 5.91 Å². The number of carbonyl (C=O) groups excluding carboxylic acids is 1. The van der Waals surface area contributed by atoms with Crippen LogP contribution in [0.15, 0.2) is 12.2 Å². The second kappa shape index (κ2) is 11.2. The van der Waals surface area contributed by atoms with Crippen LogP contribution in [0.25, 0.3) is 0 Å². The molecule has 13 heavy (non-hydrogen) atoms. The number of hydrogen-bond acceptors (Lipinski definition) is 2. The van der Waals surface area contributed by atoms with E-state index in [9.17, 15) is 4.79 Å². The van der Waals surface area contributed by atoms with E-state index in [0.717, 1.165) is 13.0 Å². The second-order valence-electron chi connectivity index (χ2n) is 2.68. The number of amides is 1. The van der Waals surface area contributed by atoms with Gasteiger partial charge in [-0.2, -0.15) is 0 Å². The zero-order valence-electron chi connectivity index (χ0n) is 9.02. The number of carbonyl (C=O) groups is 1. The zero-order chi connectivity index (χ0) is 10.7. The van der Waals surface area contributed by atoms with Crippen molar-refractivity contribution in [1.82, 2.24) is 5.32 Å². The molecule has 78 valence electrons. The number of rotatable bonds is 4. The summed E-state index contributed by atoms with van der Waals surface area (Å²) in [4.78, 5) is 10.5. The van der Waals surface area contributed by atoms with E-state index in [0.29, 0.717) is 5.57 Å². The highest BCUT2D eigenvalue weighted by Crippen LogP contribution is 1.93. The summed E-state index contributed by atoms with van der Waals surface area (Å²) >= 11 is 0. The van der Waals surface area contributed by atoms with Gasteiger partial charge < -0.3 is 11.1 Å². The summed E-state index contributed by atoms with van der Waals surface area (Å²) < 4.78 is 0. The van der Waals surface area contributed by atoms with Gasteiger partial charge in [0.05, 0.1) is 0 Å². The van der Waals surface area contributed by atoms with Crippen LogP contribution in [0.5, 0.6) is 0 Å². The van der Waals surface area contributed by atoms with Crippen LogP contribution in [0.4, 0.5) is 0 Å². The highest BCUT2D eigenvalue weighted by atomic mass is 16.1. The van der Waals surface area contributed by atoms with Crippen molar-refractivity contribution in [1.29, 1.82) is 0 Å². The molecule has 0 atom stereocenters. The molecular weight excluding hydrogens is 164 g/mol. The minimum absolute atomic E-state index is 0.0625. The molecule has 0 unspecified atom stereocenters. The summed E-state index contributed by atoms with van der Waals surface area (Å²) in [5, 5.41) is 2.48. The van der Waals surface area contributed by atoms with Crippen LogP contribution in [0.3, 0.4) is 0 Å². The van der Waals surface area contributed by atoms with Crippen LogP contribution >= 0.6 is 0 Å². The molecule has 0 bridgehead atoms. The Morgan fingerprint density at radius 1 is 1.46 bits per heavy atom. The van der Waals surface area contributed by atoms with Gasteiger partial charge in [-0.15, -0.1) is 0 Å². The Hall–Kier alpha value is -0.830. The lowest BCUT2D eigenvalue weighted by Gasteiger charge is -1.96. The lowest BCUT2D eigenvalue weighted by Crippen LogP contribution is -2.18. The molecule has 0 aromatic heterocycles. The maximum Gasteiger partial charge on any atom is 0.246 e. The first-order chi connectivity index (χ1) is 6.13. The third kappa shape index (κ3) is 11.2. The predicted molar refractivity (Wildman–Crippen MR) is 57.5 cm³/mol. The molecule has 3 N–H and O–H groups in total. The van der Waals surface area contributed by atoms with Crippen LogP contribution in [-0.2, 0) is 4.79 Å². The van der Waals surface area contributed by atoms with Crippen molar-refractivity contribution in [2.45, 2.75) is 33.1 Å². The van der Waals surface area contributed by atoms with Gasteiger partial charge in [-0.05, 0) is 19.4 Å².